The number of anilines is 1. The quantitative estimate of drug-likeness (QED) is 0.235. The third-order valence-corrected chi connectivity index (χ3v) is 7.63. The number of aryl methyl sites for hydroxylation is 2. The van der Waals surface area contributed by atoms with Gasteiger partial charge in [0.15, 0.2) is 5.11 Å². The van der Waals surface area contributed by atoms with Crippen molar-refractivity contribution in [2.75, 3.05) is 11.9 Å². The van der Waals surface area contributed by atoms with Crippen LogP contribution in [0.15, 0.2) is 72.9 Å². The van der Waals surface area contributed by atoms with E-state index in [9.17, 15) is 9.90 Å². The number of aromatic nitrogens is 2. The zero-order valence-electron chi connectivity index (χ0n) is 22.0. The Morgan fingerprint density at radius 1 is 1.10 bits per heavy atom. The summed E-state index contributed by atoms with van der Waals surface area (Å²) in [6.07, 6.45) is 2.03. The first-order valence-corrected chi connectivity index (χ1v) is 13.5. The highest BCUT2D eigenvalue weighted by atomic mass is 35.5. The van der Waals surface area contributed by atoms with Gasteiger partial charge in [-0.05, 0) is 92.6 Å². The number of benzene rings is 2. The Morgan fingerprint density at radius 2 is 1.92 bits per heavy atom. The SMILES string of the molecule is Cc1cccc(NC(=O)CCN2C(=S)N[C@H](c3ccccn3)[C@H]2c2cc(C)n(-c3cc(Cl)ccc3O)c2C)c1. The van der Waals surface area contributed by atoms with Gasteiger partial charge in [0.1, 0.15) is 5.75 Å². The average Bonchev–Trinajstić information content (AvgIpc) is 3.39. The van der Waals surface area contributed by atoms with Gasteiger partial charge in [-0.1, -0.05) is 29.8 Å². The van der Waals surface area contributed by atoms with Crippen LogP contribution in [0.3, 0.4) is 0 Å². The number of amides is 1. The van der Waals surface area contributed by atoms with E-state index in [2.05, 4.69) is 26.6 Å². The monoisotopic (exact) mass is 559 g/mol. The number of carbonyl (C=O) groups excluding carboxylic acids is 1. The minimum atomic E-state index is -0.222. The first kappa shape index (κ1) is 26.7. The van der Waals surface area contributed by atoms with Gasteiger partial charge in [0.25, 0.3) is 0 Å². The Hall–Kier alpha value is -3.88. The summed E-state index contributed by atoms with van der Waals surface area (Å²) in [5.41, 5.74) is 6.22. The van der Waals surface area contributed by atoms with E-state index >= 15 is 0 Å². The van der Waals surface area contributed by atoms with Crippen molar-refractivity contribution in [3.8, 4) is 11.4 Å². The van der Waals surface area contributed by atoms with Gasteiger partial charge in [0.2, 0.25) is 5.91 Å². The van der Waals surface area contributed by atoms with E-state index in [-0.39, 0.29) is 30.2 Å². The van der Waals surface area contributed by atoms with Crippen molar-refractivity contribution < 1.29 is 9.90 Å². The smallest absolute Gasteiger partial charge is 0.226 e. The van der Waals surface area contributed by atoms with Gasteiger partial charge >= 0.3 is 0 Å². The molecular formula is C30H30ClN5O2S. The Labute approximate surface area is 238 Å². The number of carbonyl (C=O) groups is 1. The van der Waals surface area contributed by atoms with Crippen molar-refractivity contribution in [2.45, 2.75) is 39.3 Å². The minimum Gasteiger partial charge on any atom is -0.506 e. The molecule has 1 fully saturated rings. The number of rotatable bonds is 7. The number of hydrogen-bond donors (Lipinski definition) is 3. The van der Waals surface area contributed by atoms with Gasteiger partial charge < -0.3 is 25.2 Å². The van der Waals surface area contributed by atoms with E-state index in [1.807, 2.05) is 67.8 Å². The molecule has 39 heavy (non-hydrogen) atoms. The van der Waals surface area contributed by atoms with Crippen LogP contribution in [0, 0.1) is 20.8 Å². The van der Waals surface area contributed by atoms with Gasteiger partial charge in [-0.3, -0.25) is 9.78 Å². The summed E-state index contributed by atoms with van der Waals surface area (Å²) in [7, 11) is 0. The van der Waals surface area contributed by atoms with Crippen LogP contribution in [0.1, 0.15) is 46.7 Å². The lowest BCUT2D eigenvalue weighted by atomic mass is 9.96. The van der Waals surface area contributed by atoms with Crippen molar-refractivity contribution in [2.24, 2.45) is 0 Å². The summed E-state index contributed by atoms with van der Waals surface area (Å²) in [5.74, 6) is 0.0523. The molecule has 2 atom stereocenters. The maximum absolute atomic E-state index is 12.9. The Morgan fingerprint density at radius 3 is 2.67 bits per heavy atom. The predicted molar refractivity (Wildman–Crippen MR) is 159 cm³/mol. The zero-order chi connectivity index (χ0) is 27.7. The topological polar surface area (TPSA) is 82.4 Å². The average molecular weight is 560 g/mol. The number of phenolic OH excluding ortho intramolecular Hbond substituents is 1. The van der Waals surface area contributed by atoms with Crippen molar-refractivity contribution in [3.05, 3.63) is 106 Å². The number of phenols is 1. The number of nitrogens with zero attached hydrogens (tertiary/aromatic N) is 3. The number of aromatic hydroxyl groups is 1. The van der Waals surface area contributed by atoms with E-state index in [1.54, 1.807) is 24.4 Å². The lowest BCUT2D eigenvalue weighted by Gasteiger charge is -2.28. The molecule has 0 bridgehead atoms. The molecule has 3 heterocycles. The van der Waals surface area contributed by atoms with Crippen LogP contribution in [-0.2, 0) is 4.79 Å². The summed E-state index contributed by atoms with van der Waals surface area (Å²) >= 11 is 12.1. The largest absolute Gasteiger partial charge is 0.506 e. The van der Waals surface area contributed by atoms with E-state index in [0.29, 0.717) is 22.4 Å². The molecule has 0 aliphatic carbocycles. The molecule has 1 aliphatic rings. The van der Waals surface area contributed by atoms with E-state index in [4.69, 9.17) is 23.8 Å². The molecule has 0 unspecified atom stereocenters. The van der Waals surface area contributed by atoms with Crippen LogP contribution in [0.4, 0.5) is 5.69 Å². The first-order valence-electron chi connectivity index (χ1n) is 12.7. The molecule has 0 saturated carbocycles. The van der Waals surface area contributed by atoms with E-state index in [1.165, 1.54) is 0 Å². The maximum atomic E-state index is 12.9. The second-order valence-corrected chi connectivity index (χ2v) is 10.6. The summed E-state index contributed by atoms with van der Waals surface area (Å²) in [5, 5.41) is 18.2. The first-order chi connectivity index (χ1) is 18.7. The molecule has 0 radical (unpaired) electrons. The molecule has 0 spiro atoms. The minimum absolute atomic E-state index is 0.0854. The second-order valence-electron chi connectivity index (χ2n) is 9.78. The molecular weight excluding hydrogens is 530 g/mol. The molecule has 7 nitrogen and oxygen atoms in total. The zero-order valence-corrected chi connectivity index (χ0v) is 23.6. The van der Waals surface area contributed by atoms with Crippen LogP contribution >= 0.6 is 23.8 Å². The van der Waals surface area contributed by atoms with Crippen molar-refractivity contribution in [1.29, 1.82) is 0 Å². The van der Waals surface area contributed by atoms with Crippen molar-refractivity contribution >= 4 is 40.5 Å². The van der Waals surface area contributed by atoms with E-state index < -0.39 is 0 Å². The van der Waals surface area contributed by atoms with Crippen LogP contribution in [0.5, 0.6) is 5.75 Å². The highest BCUT2D eigenvalue weighted by molar-refractivity contribution is 7.80. The highest BCUT2D eigenvalue weighted by Crippen LogP contribution is 2.42. The maximum Gasteiger partial charge on any atom is 0.226 e. The van der Waals surface area contributed by atoms with Gasteiger partial charge in [-0.2, -0.15) is 0 Å². The normalized spacial score (nSPS) is 16.8. The summed E-state index contributed by atoms with van der Waals surface area (Å²) in [6.45, 7) is 6.42. The van der Waals surface area contributed by atoms with Crippen LogP contribution in [-0.4, -0.2) is 37.1 Å². The third-order valence-electron chi connectivity index (χ3n) is 7.05. The van der Waals surface area contributed by atoms with Gasteiger partial charge in [0.05, 0.1) is 23.5 Å². The van der Waals surface area contributed by atoms with Gasteiger partial charge in [0, 0.05) is 41.3 Å². The number of nitrogens with one attached hydrogen (secondary N) is 2. The standard InChI is InChI=1S/C30H30ClN5O2S/c1-18-7-6-8-22(15-18)33-27(38)12-14-35-29(28(34-30(35)39)24-9-4-5-13-32-24)23-16-19(2)36(20(23)3)25-17-21(31)10-11-26(25)37/h4-11,13,15-17,28-29,37H,12,14H2,1-3H3,(H,33,38)(H,34,39)/t28-,29-/m1/s1. The molecule has 2 aromatic carbocycles. The van der Waals surface area contributed by atoms with Crippen molar-refractivity contribution in [3.63, 3.8) is 0 Å². The summed E-state index contributed by atoms with van der Waals surface area (Å²) < 4.78 is 2.00. The van der Waals surface area contributed by atoms with Crippen molar-refractivity contribution in [1.82, 2.24) is 19.8 Å². The third kappa shape index (κ3) is 5.48. The fraction of sp³-hybridized carbons (Fsp3) is 0.233. The van der Waals surface area contributed by atoms with Gasteiger partial charge in [-0.25, -0.2) is 0 Å². The molecule has 200 valence electrons. The van der Waals surface area contributed by atoms with E-state index in [0.717, 1.165) is 33.9 Å². The van der Waals surface area contributed by atoms with Crippen LogP contribution < -0.4 is 10.6 Å². The lowest BCUT2D eigenvalue weighted by molar-refractivity contribution is -0.116. The molecule has 3 N–H and O–H groups in total. The highest BCUT2D eigenvalue weighted by Gasteiger charge is 2.41. The fourth-order valence-corrected chi connectivity index (χ4v) is 5.78. The molecule has 2 aromatic heterocycles. The van der Waals surface area contributed by atoms with Crippen LogP contribution in [0.25, 0.3) is 5.69 Å². The Balaban J connectivity index is 1.49. The molecule has 1 aliphatic heterocycles. The number of pyridine rings is 1. The molecule has 4 aromatic rings. The summed E-state index contributed by atoms with van der Waals surface area (Å²) in [4.78, 5) is 19.6. The number of hydrogen-bond acceptors (Lipinski definition) is 4. The number of halogens is 1. The molecule has 1 amide bonds. The molecule has 9 heteroatoms. The lowest BCUT2D eigenvalue weighted by Crippen LogP contribution is -2.32. The fourth-order valence-electron chi connectivity index (χ4n) is 5.29. The Bertz CT molecular complexity index is 1540. The Kier molecular flexibility index (Phi) is 7.59. The van der Waals surface area contributed by atoms with Gasteiger partial charge in [-0.15, -0.1) is 0 Å². The summed E-state index contributed by atoms with van der Waals surface area (Å²) in [6, 6.07) is 20.2. The molecule has 1 saturated heterocycles. The predicted octanol–water partition coefficient (Wildman–Crippen LogP) is 6.16. The molecule has 5 rings (SSSR count). The number of thiocarbonyl (C=S) groups is 1. The van der Waals surface area contributed by atoms with Crippen LogP contribution in [0.2, 0.25) is 5.02 Å². The second kappa shape index (κ2) is 11.1.